The van der Waals surface area contributed by atoms with Gasteiger partial charge in [0.25, 0.3) is 11.4 Å². The smallest absolute Gasteiger partial charge is 0.333 e. The first kappa shape index (κ1) is 21.9. The number of alkyl halides is 3. The molecule has 5 rings (SSSR count). The van der Waals surface area contributed by atoms with Crippen LogP contribution in [0.1, 0.15) is 30.0 Å². The molecule has 0 atom stereocenters. The highest BCUT2D eigenvalue weighted by Gasteiger charge is 2.33. The molecule has 13 heteroatoms. The zero-order valence-corrected chi connectivity index (χ0v) is 18.2. The van der Waals surface area contributed by atoms with Crippen molar-refractivity contribution < 1.29 is 17.7 Å². The van der Waals surface area contributed by atoms with Crippen molar-refractivity contribution in [1.82, 2.24) is 30.1 Å². The molecule has 1 saturated heterocycles. The molecule has 8 nitrogen and oxygen atoms in total. The number of aromatic amines is 1. The maximum absolute atomic E-state index is 13.0. The molecule has 0 radical (unpaired) electrons. The molecule has 33 heavy (non-hydrogen) atoms. The third-order valence-electron chi connectivity index (χ3n) is 5.54. The van der Waals surface area contributed by atoms with E-state index >= 15 is 0 Å². The minimum absolute atomic E-state index is 0.00157. The summed E-state index contributed by atoms with van der Waals surface area (Å²) in [5.74, 6) is 0.0712. The number of nitrogens with zero attached hydrogens (tertiary/aromatic N) is 4. The van der Waals surface area contributed by atoms with Gasteiger partial charge in [-0.3, -0.25) is 4.79 Å². The Morgan fingerprint density at radius 1 is 1.12 bits per heavy atom. The summed E-state index contributed by atoms with van der Waals surface area (Å²) in [6, 6.07) is 3.02. The predicted molar refractivity (Wildman–Crippen MR) is 114 cm³/mol. The van der Waals surface area contributed by atoms with E-state index in [2.05, 4.69) is 25.5 Å². The zero-order valence-electron chi connectivity index (χ0n) is 16.7. The maximum Gasteiger partial charge on any atom is 0.416 e. The van der Waals surface area contributed by atoms with Crippen LogP contribution in [0.25, 0.3) is 28.5 Å². The molecule has 1 aliphatic heterocycles. The van der Waals surface area contributed by atoms with Crippen molar-refractivity contribution in [3.8, 4) is 22.8 Å². The van der Waals surface area contributed by atoms with Crippen LogP contribution in [-0.2, 0) is 6.18 Å². The van der Waals surface area contributed by atoms with Crippen LogP contribution >= 0.6 is 23.2 Å². The highest BCUT2D eigenvalue weighted by molar-refractivity contribution is 6.39. The number of piperidine rings is 1. The molecule has 0 unspecified atom stereocenters. The van der Waals surface area contributed by atoms with Gasteiger partial charge in [0.05, 0.1) is 33.1 Å². The molecule has 0 spiro atoms. The Morgan fingerprint density at radius 2 is 1.82 bits per heavy atom. The fraction of sp³-hybridized carbons (Fsp3) is 0.300. The number of hydrogen-bond donors (Lipinski definition) is 2. The number of hydrogen-bond acceptors (Lipinski definition) is 6. The van der Waals surface area contributed by atoms with Crippen molar-refractivity contribution in [1.29, 1.82) is 0 Å². The van der Waals surface area contributed by atoms with Crippen molar-refractivity contribution >= 4 is 28.8 Å². The Balaban J connectivity index is 1.57. The first-order valence-corrected chi connectivity index (χ1v) is 10.7. The predicted octanol–water partition coefficient (Wildman–Crippen LogP) is 4.53. The third kappa shape index (κ3) is 4.00. The molecule has 0 saturated carbocycles. The van der Waals surface area contributed by atoms with Crippen LogP contribution < -0.4 is 10.9 Å². The highest BCUT2D eigenvalue weighted by atomic mass is 35.5. The minimum Gasteiger partial charge on any atom is -0.333 e. The Bertz CT molecular complexity index is 1380. The monoisotopic (exact) mass is 498 g/mol. The van der Waals surface area contributed by atoms with Gasteiger partial charge in [0, 0.05) is 12.0 Å². The molecule has 0 bridgehead atoms. The topological polar surface area (TPSA) is 101 Å². The summed E-state index contributed by atoms with van der Waals surface area (Å²) < 4.78 is 46.0. The lowest BCUT2D eigenvalue weighted by molar-refractivity contribution is -0.137. The number of benzene rings is 1. The number of aromatic nitrogens is 5. The van der Waals surface area contributed by atoms with Crippen LogP contribution in [0.15, 0.2) is 33.7 Å². The molecule has 1 aliphatic rings. The van der Waals surface area contributed by atoms with Crippen LogP contribution in [-0.4, -0.2) is 37.8 Å². The molecule has 0 aliphatic carbocycles. The third-order valence-corrected chi connectivity index (χ3v) is 6.14. The summed E-state index contributed by atoms with van der Waals surface area (Å²) in [6.07, 6.45) is -1.40. The highest BCUT2D eigenvalue weighted by Crippen LogP contribution is 2.40. The van der Waals surface area contributed by atoms with E-state index in [0.717, 1.165) is 43.8 Å². The van der Waals surface area contributed by atoms with Gasteiger partial charge in [-0.1, -0.05) is 28.4 Å². The fourth-order valence-electron chi connectivity index (χ4n) is 3.96. The molecular weight excluding hydrogens is 484 g/mol. The van der Waals surface area contributed by atoms with Crippen LogP contribution in [0.4, 0.5) is 13.2 Å². The van der Waals surface area contributed by atoms with Crippen molar-refractivity contribution in [2.45, 2.75) is 24.9 Å². The van der Waals surface area contributed by atoms with Crippen LogP contribution in [0.5, 0.6) is 0 Å². The second-order valence-electron chi connectivity index (χ2n) is 7.64. The normalized spacial score (nSPS) is 15.4. The fourth-order valence-corrected chi connectivity index (χ4v) is 4.62. The zero-order chi connectivity index (χ0) is 23.3. The average molecular weight is 499 g/mol. The number of H-pyrrole nitrogens is 1. The molecule has 0 amide bonds. The average Bonchev–Trinajstić information content (AvgIpc) is 3.40. The second-order valence-corrected chi connectivity index (χ2v) is 8.45. The lowest BCUT2D eigenvalue weighted by Crippen LogP contribution is -2.28. The van der Waals surface area contributed by atoms with E-state index in [-0.39, 0.29) is 38.8 Å². The molecule has 4 aromatic rings. The van der Waals surface area contributed by atoms with Crippen molar-refractivity contribution in [2.75, 3.05) is 13.1 Å². The quantitative estimate of drug-likeness (QED) is 0.430. The minimum atomic E-state index is -4.61. The van der Waals surface area contributed by atoms with Crippen LogP contribution in [0.2, 0.25) is 10.0 Å². The number of nitrogens with one attached hydrogen (secondary N) is 2. The van der Waals surface area contributed by atoms with E-state index < -0.39 is 11.7 Å². The Hall–Kier alpha value is -2.89. The summed E-state index contributed by atoms with van der Waals surface area (Å²) in [7, 11) is 0. The van der Waals surface area contributed by atoms with Gasteiger partial charge in [-0.25, -0.2) is 4.52 Å². The van der Waals surface area contributed by atoms with Crippen molar-refractivity contribution in [2.24, 2.45) is 0 Å². The van der Waals surface area contributed by atoms with E-state index in [0.29, 0.717) is 11.2 Å². The molecule has 2 N–H and O–H groups in total. The molecule has 4 heterocycles. The summed E-state index contributed by atoms with van der Waals surface area (Å²) in [5, 5.41) is 10.9. The van der Waals surface area contributed by atoms with Crippen molar-refractivity contribution in [3.05, 3.63) is 56.1 Å². The van der Waals surface area contributed by atoms with Crippen LogP contribution in [0, 0.1) is 0 Å². The lowest BCUT2D eigenvalue weighted by atomic mass is 9.94. The number of fused-ring (bicyclic) bond motifs is 1. The summed E-state index contributed by atoms with van der Waals surface area (Å²) in [4.78, 5) is 19.3. The van der Waals surface area contributed by atoms with E-state index in [1.165, 1.54) is 12.3 Å². The lowest BCUT2D eigenvalue weighted by Gasteiger charge is -2.23. The van der Waals surface area contributed by atoms with E-state index in [1.54, 1.807) is 4.52 Å². The molecule has 1 aromatic carbocycles. The van der Waals surface area contributed by atoms with Gasteiger partial charge < -0.3 is 14.8 Å². The Labute approximate surface area is 193 Å². The van der Waals surface area contributed by atoms with Gasteiger partial charge in [0.15, 0.2) is 0 Å². The SMILES string of the molecule is O=c1cc(C2CCNCC2)n2ncc(-c3nc(-c4c(Cl)cc(C(F)(F)F)cc4Cl)no3)c2[nH]1. The molecule has 3 aromatic heterocycles. The first-order valence-electron chi connectivity index (χ1n) is 9.94. The van der Waals surface area contributed by atoms with E-state index in [9.17, 15) is 18.0 Å². The molecule has 1 fully saturated rings. The molecule has 172 valence electrons. The summed E-state index contributed by atoms with van der Waals surface area (Å²) >= 11 is 12.1. The first-order chi connectivity index (χ1) is 15.7. The van der Waals surface area contributed by atoms with Gasteiger partial charge in [0.1, 0.15) is 11.2 Å². The summed E-state index contributed by atoms with van der Waals surface area (Å²) in [6.45, 7) is 1.68. The molecular formula is C20H15Cl2F3N6O2. The van der Waals surface area contributed by atoms with Gasteiger partial charge >= 0.3 is 6.18 Å². The van der Waals surface area contributed by atoms with Gasteiger partial charge in [-0.2, -0.15) is 23.3 Å². The van der Waals surface area contributed by atoms with Gasteiger partial charge in [0.2, 0.25) is 5.82 Å². The number of rotatable bonds is 3. The largest absolute Gasteiger partial charge is 0.416 e. The standard InChI is InChI=1S/C20H15Cl2F3N6O2/c21-12-5-10(20(23,24)25)6-13(22)16(12)17-29-19(33-30-17)11-8-27-31-14(7-15(32)28-18(11)31)9-1-3-26-4-2-9/h5-9,26H,1-4H2,(H,28,32). The Morgan fingerprint density at radius 3 is 2.48 bits per heavy atom. The van der Waals surface area contributed by atoms with Gasteiger partial charge in [-0.05, 0) is 38.1 Å². The maximum atomic E-state index is 13.0. The van der Waals surface area contributed by atoms with Crippen LogP contribution in [0.3, 0.4) is 0 Å². The summed E-state index contributed by atoms with van der Waals surface area (Å²) in [5.41, 5.74) is 0.218. The van der Waals surface area contributed by atoms with E-state index in [4.69, 9.17) is 27.7 Å². The van der Waals surface area contributed by atoms with Gasteiger partial charge in [-0.15, -0.1) is 0 Å². The Kier molecular flexibility index (Phi) is 5.42. The number of halogens is 5. The van der Waals surface area contributed by atoms with Crippen molar-refractivity contribution in [3.63, 3.8) is 0 Å². The second kappa shape index (κ2) is 8.15. The van der Waals surface area contributed by atoms with E-state index in [1.807, 2.05) is 0 Å².